The van der Waals surface area contributed by atoms with Crippen molar-refractivity contribution in [2.45, 2.75) is 57.7 Å². The fourth-order valence-corrected chi connectivity index (χ4v) is 5.65. The first kappa shape index (κ1) is 25.2. The first-order chi connectivity index (χ1) is 18.0. The van der Waals surface area contributed by atoms with Crippen molar-refractivity contribution >= 4 is 11.8 Å². The van der Waals surface area contributed by atoms with Crippen molar-refractivity contribution < 1.29 is 9.59 Å². The molecule has 5 rings (SSSR count). The van der Waals surface area contributed by atoms with Gasteiger partial charge in [0.2, 0.25) is 5.91 Å². The molecule has 3 aromatic rings. The number of carbonyl (C=O) groups is 2. The highest BCUT2D eigenvalue weighted by Gasteiger charge is 2.31. The average molecular weight is 504 g/mol. The summed E-state index contributed by atoms with van der Waals surface area (Å²) in [6.07, 6.45) is 8.37. The van der Waals surface area contributed by atoms with Crippen molar-refractivity contribution in [2.24, 2.45) is 7.05 Å². The van der Waals surface area contributed by atoms with Gasteiger partial charge in [-0.05, 0) is 55.8 Å². The van der Waals surface area contributed by atoms with Crippen LogP contribution in [0.15, 0.2) is 42.7 Å². The van der Waals surface area contributed by atoms with E-state index in [1.165, 1.54) is 11.1 Å². The molecule has 1 atom stereocenters. The summed E-state index contributed by atoms with van der Waals surface area (Å²) in [7, 11) is 3.82. The van der Waals surface area contributed by atoms with Crippen LogP contribution in [0.2, 0.25) is 0 Å². The van der Waals surface area contributed by atoms with Crippen LogP contribution < -0.4 is 5.32 Å². The highest BCUT2D eigenvalue weighted by atomic mass is 16.2. The fraction of sp³-hybridized carbons (Fsp3) is 0.500. The van der Waals surface area contributed by atoms with E-state index in [0.717, 1.165) is 63.1 Å². The highest BCUT2D eigenvalue weighted by Crippen LogP contribution is 2.27. The lowest BCUT2D eigenvalue weighted by molar-refractivity contribution is -0.132. The molecule has 2 aromatic heterocycles. The van der Waals surface area contributed by atoms with E-state index in [4.69, 9.17) is 0 Å². The van der Waals surface area contributed by atoms with Gasteiger partial charge < -0.3 is 10.2 Å². The van der Waals surface area contributed by atoms with E-state index in [-0.39, 0.29) is 17.9 Å². The number of likely N-dealkylation sites (N-methyl/N-ethyl adjacent to an activating group) is 1. The summed E-state index contributed by atoms with van der Waals surface area (Å²) in [6, 6.07) is 10.5. The number of aryl methyl sites for hydroxylation is 1. The third-order valence-electron chi connectivity index (χ3n) is 7.79. The lowest BCUT2D eigenvalue weighted by Gasteiger charge is -2.32. The molecule has 0 spiro atoms. The standard InChI is InChI=1S/C28H37N7O2/c1-32-23-11-12-25-24(18-23)27(31-33(25)2)28(37)29-13-6-16-34(15-5-10-26(32)36)19-21-8-3-4-9-22(21)20-35-17-7-14-30-35/h3-4,7-9,14,17,23H,5-6,10-13,15-16,18-20H2,1-2H3,(H,29,37). The van der Waals surface area contributed by atoms with Crippen molar-refractivity contribution in [3.05, 3.63) is 70.8 Å². The van der Waals surface area contributed by atoms with Gasteiger partial charge in [0.1, 0.15) is 0 Å². The predicted octanol–water partition coefficient (Wildman–Crippen LogP) is 2.40. The average Bonchev–Trinajstić information content (AvgIpc) is 3.53. The molecule has 2 bridgehead atoms. The van der Waals surface area contributed by atoms with Gasteiger partial charge in [0.05, 0.1) is 6.54 Å². The molecule has 9 nitrogen and oxygen atoms in total. The number of fused-ring (bicyclic) bond motifs is 1. The molecule has 0 fully saturated rings. The maximum atomic E-state index is 13.1. The van der Waals surface area contributed by atoms with Gasteiger partial charge in [-0.15, -0.1) is 0 Å². The quantitative estimate of drug-likeness (QED) is 0.591. The van der Waals surface area contributed by atoms with E-state index < -0.39 is 0 Å². The molecule has 0 saturated heterocycles. The topological polar surface area (TPSA) is 88.3 Å². The number of hydrogen-bond donors (Lipinski definition) is 1. The predicted molar refractivity (Wildman–Crippen MR) is 141 cm³/mol. The van der Waals surface area contributed by atoms with Crippen LogP contribution in [0.3, 0.4) is 0 Å². The van der Waals surface area contributed by atoms with Gasteiger partial charge >= 0.3 is 0 Å². The van der Waals surface area contributed by atoms with Gasteiger partial charge in [0, 0.05) is 69.8 Å². The van der Waals surface area contributed by atoms with Gasteiger partial charge in [-0.1, -0.05) is 24.3 Å². The SMILES string of the molecule is CN1C(=O)CCCN(Cc2ccccc2Cn2cccn2)CCCNC(=O)c2nn(C)c3c2CC1CC3. The number of nitrogens with zero attached hydrogens (tertiary/aromatic N) is 6. The summed E-state index contributed by atoms with van der Waals surface area (Å²) in [5.74, 6) is 0.0646. The summed E-state index contributed by atoms with van der Waals surface area (Å²) >= 11 is 0. The maximum absolute atomic E-state index is 13.1. The molecule has 1 unspecified atom stereocenters. The normalized spacial score (nSPS) is 19.8. The van der Waals surface area contributed by atoms with Crippen molar-refractivity contribution in [1.29, 1.82) is 0 Å². The summed E-state index contributed by atoms with van der Waals surface area (Å²) in [5, 5.41) is 12.0. The Bertz CT molecular complexity index is 1230. The van der Waals surface area contributed by atoms with Crippen LogP contribution in [0.25, 0.3) is 0 Å². The van der Waals surface area contributed by atoms with Crippen LogP contribution >= 0.6 is 0 Å². The van der Waals surface area contributed by atoms with Crippen LogP contribution in [-0.2, 0) is 37.8 Å². The number of nitrogens with one attached hydrogen (secondary N) is 1. The Morgan fingerprint density at radius 1 is 1.00 bits per heavy atom. The first-order valence-corrected chi connectivity index (χ1v) is 13.3. The van der Waals surface area contributed by atoms with E-state index in [1.807, 2.05) is 40.6 Å². The maximum Gasteiger partial charge on any atom is 0.272 e. The molecule has 3 heterocycles. The number of amides is 2. The molecular formula is C28H37N7O2. The number of hydrogen-bond acceptors (Lipinski definition) is 5. The molecule has 0 radical (unpaired) electrons. The first-order valence-electron chi connectivity index (χ1n) is 13.3. The van der Waals surface area contributed by atoms with E-state index >= 15 is 0 Å². The van der Waals surface area contributed by atoms with Crippen LogP contribution in [0.5, 0.6) is 0 Å². The van der Waals surface area contributed by atoms with Crippen molar-refractivity contribution in [3.8, 4) is 0 Å². The minimum Gasteiger partial charge on any atom is -0.351 e. The van der Waals surface area contributed by atoms with Gasteiger partial charge in [0.15, 0.2) is 5.69 Å². The zero-order valence-corrected chi connectivity index (χ0v) is 21.9. The Balaban J connectivity index is 1.32. The molecule has 0 saturated carbocycles. The largest absolute Gasteiger partial charge is 0.351 e. The smallest absolute Gasteiger partial charge is 0.272 e. The molecule has 2 amide bonds. The second-order valence-electron chi connectivity index (χ2n) is 10.3. The summed E-state index contributed by atoms with van der Waals surface area (Å²) in [4.78, 5) is 30.5. The molecule has 196 valence electrons. The Morgan fingerprint density at radius 2 is 1.78 bits per heavy atom. The van der Waals surface area contributed by atoms with Crippen LogP contribution in [0.1, 0.15) is 58.6 Å². The molecule has 37 heavy (non-hydrogen) atoms. The molecule has 9 heteroatoms. The Morgan fingerprint density at radius 3 is 2.57 bits per heavy atom. The van der Waals surface area contributed by atoms with E-state index in [9.17, 15) is 9.59 Å². The number of carbonyl (C=O) groups excluding carboxylic acids is 2. The van der Waals surface area contributed by atoms with Crippen molar-refractivity contribution in [2.75, 3.05) is 26.7 Å². The number of benzene rings is 1. The number of rotatable bonds is 4. The summed E-state index contributed by atoms with van der Waals surface area (Å²) in [6.45, 7) is 3.79. The molecule has 1 aromatic carbocycles. The van der Waals surface area contributed by atoms with Crippen LogP contribution in [0, 0.1) is 0 Å². The minimum absolute atomic E-state index is 0.103. The van der Waals surface area contributed by atoms with E-state index in [1.54, 1.807) is 6.20 Å². The van der Waals surface area contributed by atoms with E-state index in [2.05, 4.69) is 44.7 Å². The molecular weight excluding hydrogens is 466 g/mol. The van der Waals surface area contributed by atoms with E-state index in [0.29, 0.717) is 25.1 Å². The van der Waals surface area contributed by atoms with Crippen LogP contribution in [0.4, 0.5) is 0 Å². The van der Waals surface area contributed by atoms with Crippen LogP contribution in [-0.4, -0.2) is 73.9 Å². The monoisotopic (exact) mass is 503 g/mol. The third-order valence-corrected chi connectivity index (χ3v) is 7.79. The number of aromatic nitrogens is 4. The Kier molecular flexibility index (Phi) is 7.69. The Labute approximate surface area is 218 Å². The lowest BCUT2D eigenvalue weighted by atomic mass is 9.90. The zero-order chi connectivity index (χ0) is 25.8. The molecule has 1 aliphatic heterocycles. The summed E-state index contributed by atoms with van der Waals surface area (Å²) in [5.41, 5.74) is 5.14. The molecule has 1 N–H and O–H groups in total. The molecule has 1 aliphatic carbocycles. The second-order valence-corrected chi connectivity index (χ2v) is 10.3. The Hall–Kier alpha value is -3.46. The summed E-state index contributed by atoms with van der Waals surface area (Å²) < 4.78 is 3.78. The second kappa shape index (κ2) is 11.3. The third kappa shape index (κ3) is 5.77. The highest BCUT2D eigenvalue weighted by molar-refractivity contribution is 5.94. The van der Waals surface area contributed by atoms with Gasteiger partial charge in [-0.25, -0.2) is 0 Å². The van der Waals surface area contributed by atoms with Gasteiger partial charge in [0.25, 0.3) is 5.91 Å². The van der Waals surface area contributed by atoms with Gasteiger partial charge in [-0.3, -0.25) is 23.9 Å². The minimum atomic E-state index is -0.113. The fourth-order valence-electron chi connectivity index (χ4n) is 5.65. The van der Waals surface area contributed by atoms with Crippen molar-refractivity contribution in [3.63, 3.8) is 0 Å². The van der Waals surface area contributed by atoms with Crippen molar-refractivity contribution in [1.82, 2.24) is 34.7 Å². The molecule has 2 aliphatic rings. The zero-order valence-electron chi connectivity index (χ0n) is 21.9. The lowest BCUT2D eigenvalue weighted by Crippen LogP contribution is -2.41. The van der Waals surface area contributed by atoms with Gasteiger partial charge in [-0.2, -0.15) is 10.2 Å².